The van der Waals surface area contributed by atoms with E-state index >= 15 is 0 Å². The van der Waals surface area contributed by atoms with E-state index in [0.29, 0.717) is 10.5 Å². The molecule has 4 aromatic rings. The van der Waals surface area contributed by atoms with Crippen LogP contribution in [0.15, 0.2) is 28.8 Å². The molecule has 0 saturated carbocycles. The smallest absolute Gasteiger partial charge is 0.386 e. The predicted octanol–water partition coefficient (Wildman–Crippen LogP) is -1.20. The van der Waals surface area contributed by atoms with E-state index in [1.165, 1.54) is 29.0 Å². The largest absolute Gasteiger partial charge is 0.472 e. The normalized spacial score (nSPS) is 37.2. The zero-order valence-corrected chi connectivity index (χ0v) is 25.8. The standard InChI is InChI=1S/C21H25N9O13P2S/c1-46-17-9-14(23-3-24-17)29(5-26-9)18-10(31)12-7(40-18)2-39-45(36,37)43-13-11(32)20(38-6-44(34,35)42-12)41-19(13)30-4-25-8-15(30)27-21(22)28-16(8)33/h3-5,7,10-13,18-20,31-32H,2,6H2,1H3,(H,34,35)(H,36,37)(H3,22,27,28,33)/t7-,10+,11?,12?,13+,18-,19-,20+/m1/s1. The summed E-state index contributed by atoms with van der Waals surface area (Å²) in [5.74, 6) is -0.285. The van der Waals surface area contributed by atoms with Crippen molar-refractivity contribution in [1.29, 1.82) is 0 Å². The fourth-order valence-corrected chi connectivity index (χ4v) is 7.80. The van der Waals surface area contributed by atoms with Crippen LogP contribution in [-0.4, -0.2) is 115 Å². The SMILES string of the molecule is CSc1ncnc2c1ncn2[C@@H]1O[C@@H]2COP(=O)(O)O[C@H]3C(O)[C@@H](OCP(=O)(O)OC2[C@@H]1O)O[C@H]3n1cnc2c(=O)[nH]c(N)nc21. The Morgan fingerprint density at radius 3 is 2.48 bits per heavy atom. The van der Waals surface area contributed by atoms with Gasteiger partial charge < -0.3 is 39.9 Å². The average Bonchev–Trinajstić information content (AvgIpc) is 3.76. The minimum absolute atomic E-state index is 0.136. The van der Waals surface area contributed by atoms with Gasteiger partial charge in [0.25, 0.3) is 5.56 Å². The number of imidazole rings is 2. The minimum Gasteiger partial charge on any atom is -0.386 e. The van der Waals surface area contributed by atoms with Crippen molar-refractivity contribution in [3.05, 3.63) is 29.3 Å². The molecule has 2 bridgehead atoms. The number of nitrogens with two attached hydrogens (primary N) is 1. The number of H-pyrrole nitrogens is 1. The second kappa shape index (κ2) is 11.7. The number of hydrogen-bond donors (Lipinski definition) is 6. The van der Waals surface area contributed by atoms with Crippen molar-refractivity contribution in [2.45, 2.75) is 54.3 Å². The molecule has 0 aromatic carbocycles. The second-order valence-corrected chi connectivity index (χ2v) is 14.2. The van der Waals surface area contributed by atoms with Gasteiger partial charge in [-0.1, -0.05) is 0 Å². The van der Waals surface area contributed by atoms with Crippen molar-refractivity contribution in [2.24, 2.45) is 0 Å². The van der Waals surface area contributed by atoms with Crippen molar-refractivity contribution in [3.63, 3.8) is 0 Å². The summed E-state index contributed by atoms with van der Waals surface area (Å²) in [6.07, 6.45) is -8.46. The number of nitrogen functional groups attached to an aromatic ring is 1. The molecule has 0 amide bonds. The van der Waals surface area contributed by atoms with Crippen molar-refractivity contribution in [1.82, 2.24) is 39.0 Å². The predicted molar refractivity (Wildman–Crippen MR) is 151 cm³/mol. The Morgan fingerprint density at radius 1 is 0.978 bits per heavy atom. The molecule has 25 heteroatoms. The topological polar surface area (TPSA) is 304 Å². The number of ether oxygens (including phenoxy) is 3. The number of nitrogens with zero attached hydrogens (tertiary/aromatic N) is 7. The zero-order valence-electron chi connectivity index (χ0n) is 23.2. The van der Waals surface area contributed by atoms with Gasteiger partial charge in [-0.3, -0.25) is 37.0 Å². The summed E-state index contributed by atoms with van der Waals surface area (Å²) in [5.41, 5.74) is 5.31. The van der Waals surface area contributed by atoms with Gasteiger partial charge in [0.2, 0.25) is 5.95 Å². The Morgan fingerprint density at radius 2 is 1.72 bits per heavy atom. The van der Waals surface area contributed by atoms with Crippen molar-refractivity contribution in [2.75, 3.05) is 24.9 Å². The molecule has 0 aliphatic carbocycles. The van der Waals surface area contributed by atoms with Gasteiger partial charge in [-0.2, -0.15) is 4.98 Å². The third kappa shape index (κ3) is 5.56. The molecule has 3 saturated heterocycles. The minimum atomic E-state index is -5.12. The van der Waals surface area contributed by atoms with E-state index < -0.39 is 83.2 Å². The van der Waals surface area contributed by atoms with Gasteiger partial charge in [0.05, 0.1) is 19.3 Å². The zero-order chi connectivity index (χ0) is 32.5. The Balaban J connectivity index is 1.20. The van der Waals surface area contributed by atoms with E-state index in [4.69, 9.17) is 33.5 Å². The van der Waals surface area contributed by atoms with E-state index in [9.17, 15) is 33.9 Å². The molecular formula is C21H25N9O13P2S. The van der Waals surface area contributed by atoms with Crippen LogP contribution in [0.3, 0.4) is 0 Å². The van der Waals surface area contributed by atoms with E-state index in [1.807, 2.05) is 0 Å². The van der Waals surface area contributed by atoms with Crippen LogP contribution in [0.4, 0.5) is 5.95 Å². The van der Waals surface area contributed by atoms with Gasteiger partial charge in [0, 0.05) is 0 Å². The van der Waals surface area contributed by atoms with Crippen molar-refractivity contribution in [3.8, 4) is 0 Å². The number of aliphatic hydroxyl groups is 2. The fraction of sp³-hybridized carbons (Fsp3) is 0.524. The third-order valence-corrected chi connectivity index (χ3v) is 10.1. The number of nitrogens with one attached hydrogen (secondary N) is 1. The summed E-state index contributed by atoms with van der Waals surface area (Å²) in [6.45, 7) is -0.802. The third-order valence-electron chi connectivity index (χ3n) is 7.34. The van der Waals surface area contributed by atoms with Gasteiger partial charge in [-0.25, -0.2) is 24.5 Å². The molecule has 7 rings (SSSR count). The Hall–Kier alpha value is -2.89. The molecule has 7 N–H and O–H groups in total. The van der Waals surface area contributed by atoms with Crippen LogP contribution in [0.5, 0.6) is 0 Å². The molecule has 3 fully saturated rings. The summed E-state index contributed by atoms with van der Waals surface area (Å²) >= 11 is 1.31. The summed E-state index contributed by atoms with van der Waals surface area (Å²) in [6, 6.07) is 0. The molecule has 3 aliphatic rings. The molecule has 7 heterocycles. The molecule has 4 aromatic heterocycles. The highest BCUT2D eigenvalue weighted by molar-refractivity contribution is 7.98. The Bertz CT molecular complexity index is 1960. The lowest BCUT2D eigenvalue weighted by molar-refractivity contribution is -0.168. The van der Waals surface area contributed by atoms with E-state index in [-0.39, 0.29) is 22.8 Å². The quantitative estimate of drug-likeness (QED) is 0.0828. The van der Waals surface area contributed by atoms with Crippen LogP contribution in [0.2, 0.25) is 0 Å². The number of aromatic amines is 1. The van der Waals surface area contributed by atoms with E-state index in [2.05, 4.69) is 29.9 Å². The number of anilines is 1. The summed E-state index contributed by atoms with van der Waals surface area (Å²) in [5, 5.41) is 22.7. The molecular weight excluding hydrogens is 680 g/mol. The van der Waals surface area contributed by atoms with Crippen LogP contribution in [0, 0.1) is 0 Å². The van der Waals surface area contributed by atoms with Crippen LogP contribution < -0.4 is 11.3 Å². The van der Waals surface area contributed by atoms with Crippen LogP contribution in [0.25, 0.3) is 22.3 Å². The number of rotatable bonds is 3. The molecule has 4 unspecified atom stereocenters. The molecule has 10 atom stereocenters. The monoisotopic (exact) mass is 705 g/mol. The molecule has 46 heavy (non-hydrogen) atoms. The number of fused-ring (bicyclic) bond motifs is 5. The lowest BCUT2D eigenvalue weighted by Gasteiger charge is -2.25. The number of thioether (sulfide) groups is 1. The van der Waals surface area contributed by atoms with Crippen LogP contribution in [0.1, 0.15) is 12.5 Å². The molecule has 248 valence electrons. The van der Waals surface area contributed by atoms with Gasteiger partial charge in [0.1, 0.15) is 47.4 Å². The Kier molecular flexibility index (Phi) is 8.04. The maximum Gasteiger partial charge on any atom is 0.472 e. The number of aliphatic hydroxyl groups excluding tert-OH is 2. The first-order valence-electron chi connectivity index (χ1n) is 13.2. The first kappa shape index (κ1) is 31.7. The maximum absolute atomic E-state index is 13.2. The summed E-state index contributed by atoms with van der Waals surface area (Å²) in [4.78, 5) is 56.6. The second-order valence-electron chi connectivity index (χ2n) is 10.3. The highest BCUT2D eigenvalue weighted by Gasteiger charge is 2.54. The Labute approximate surface area is 260 Å². The summed E-state index contributed by atoms with van der Waals surface area (Å²) in [7, 11) is -9.89. The molecule has 0 radical (unpaired) electrons. The van der Waals surface area contributed by atoms with Crippen molar-refractivity contribution < 1.29 is 56.9 Å². The van der Waals surface area contributed by atoms with Gasteiger partial charge in [0.15, 0.2) is 41.9 Å². The van der Waals surface area contributed by atoms with E-state index in [1.54, 1.807) is 6.26 Å². The highest BCUT2D eigenvalue weighted by atomic mass is 32.2. The maximum atomic E-state index is 13.2. The molecule has 0 spiro atoms. The summed E-state index contributed by atoms with van der Waals surface area (Å²) < 4.78 is 61.8. The van der Waals surface area contributed by atoms with E-state index in [0.717, 1.165) is 10.9 Å². The van der Waals surface area contributed by atoms with Gasteiger partial charge in [-0.15, -0.1) is 11.8 Å². The number of aromatic nitrogens is 8. The number of hydrogen-bond acceptors (Lipinski definition) is 18. The van der Waals surface area contributed by atoms with Crippen LogP contribution >= 0.6 is 27.2 Å². The highest BCUT2D eigenvalue weighted by Crippen LogP contribution is 2.53. The first-order chi connectivity index (χ1) is 21.9. The lowest BCUT2D eigenvalue weighted by Crippen LogP contribution is -2.36. The first-order valence-corrected chi connectivity index (χ1v) is 17.7. The number of phosphoric ester groups is 1. The van der Waals surface area contributed by atoms with Gasteiger partial charge >= 0.3 is 15.4 Å². The number of phosphoric acid groups is 1. The average molecular weight is 705 g/mol. The molecule has 3 aliphatic heterocycles. The molecule has 22 nitrogen and oxygen atoms in total. The lowest BCUT2D eigenvalue weighted by atomic mass is 10.1. The fourth-order valence-electron chi connectivity index (χ4n) is 5.34. The van der Waals surface area contributed by atoms with Crippen molar-refractivity contribution >= 4 is 55.5 Å². The van der Waals surface area contributed by atoms with Gasteiger partial charge in [-0.05, 0) is 6.26 Å². The van der Waals surface area contributed by atoms with Crippen LogP contribution in [-0.2, 0) is 36.9 Å².